The third-order valence-corrected chi connectivity index (χ3v) is 12.6. The van der Waals surface area contributed by atoms with E-state index in [1.54, 1.807) is 0 Å². The van der Waals surface area contributed by atoms with Gasteiger partial charge in [-0.1, -0.05) is 109 Å². The summed E-state index contributed by atoms with van der Waals surface area (Å²) in [6.45, 7) is 0.0624. The summed E-state index contributed by atoms with van der Waals surface area (Å²) in [5, 5.41) is 0.127. The predicted octanol–water partition coefficient (Wildman–Crippen LogP) is 9.03. The Bertz CT molecular complexity index is 2440. The number of para-hydroxylation sites is 3. The Kier molecular flexibility index (Phi) is 5.47. The second kappa shape index (κ2) is 9.92. The van der Waals surface area contributed by atoms with Crippen LogP contribution < -0.4 is 24.7 Å². The molecule has 5 aromatic rings. The normalized spacial score (nSPS) is 22.4. The number of thiol groups is 1. The summed E-state index contributed by atoms with van der Waals surface area (Å²) in [4.78, 5) is 10.6. The van der Waals surface area contributed by atoms with Crippen LogP contribution >= 0.6 is 12.6 Å². The summed E-state index contributed by atoms with van der Waals surface area (Å²) < 4.78 is 0. The minimum Gasteiger partial charge on any atom is -0.383 e. The fraction of sp³-hybridized carbons (Fsp3) is 0.116. The zero-order valence-electron chi connectivity index (χ0n) is 27.4. The molecule has 0 fully saturated rings. The van der Waals surface area contributed by atoms with E-state index in [0.29, 0.717) is 5.92 Å². The van der Waals surface area contributed by atoms with E-state index in [1.165, 1.54) is 78.6 Å². The van der Waals surface area contributed by atoms with Gasteiger partial charge in [0.2, 0.25) is 0 Å². The molecule has 5 aliphatic heterocycles. The fourth-order valence-corrected chi connectivity index (χ4v) is 10.6. The summed E-state index contributed by atoms with van der Waals surface area (Å²) >= 11 is 5.28. The van der Waals surface area contributed by atoms with Gasteiger partial charge in [0.15, 0.2) is 0 Å². The van der Waals surface area contributed by atoms with E-state index in [9.17, 15) is 0 Å². The van der Waals surface area contributed by atoms with Crippen LogP contribution in [0.5, 0.6) is 0 Å². The van der Waals surface area contributed by atoms with Crippen LogP contribution in [0, 0.1) is 5.92 Å². The lowest BCUT2D eigenvalue weighted by atomic mass is 9.56. The van der Waals surface area contributed by atoms with Crippen molar-refractivity contribution in [1.29, 1.82) is 0 Å². The topological polar surface area (TPSA) is 13.0 Å². The minimum atomic E-state index is -0.0153. The first kappa shape index (κ1) is 27.5. The Morgan fingerprint density at radius 3 is 2.16 bits per heavy atom. The second-order valence-electron chi connectivity index (χ2n) is 14.5. The van der Waals surface area contributed by atoms with E-state index in [-0.39, 0.29) is 25.3 Å². The highest BCUT2D eigenvalue weighted by molar-refractivity contribution is 7.81. The van der Waals surface area contributed by atoms with Gasteiger partial charge in [0, 0.05) is 45.4 Å². The van der Waals surface area contributed by atoms with Crippen LogP contribution in [0.3, 0.4) is 0 Å². The van der Waals surface area contributed by atoms with Crippen molar-refractivity contribution in [3.8, 4) is 11.1 Å². The smallest absolute Gasteiger partial charge is 0.383 e. The zero-order valence-corrected chi connectivity index (χ0v) is 28.3. The van der Waals surface area contributed by atoms with Gasteiger partial charge in [-0.2, -0.15) is 12.6 Å². The molecule has 0 radical (unpaired) electrons. The third-order valence-electron chi connectivity index (χ3n) is 12.1. The highest BCUT2D eigenvalue weighted by Crippen LogP contribution is 2.60. The maximum atomic E-state index is 5.28. The van der Waals surface area contributed by atoms with Gasteiger partial charge < -0.3 is 19.2 Å². The highest BCUT2D eigenvalue weighted by atomic mass is 32.1. The van der Waals surface area contributed by atoms with Gasteiger partial charge >= 0.3 is 14.0 Å². The number of anilines is 7. The Morgan fingerprint density at radius 2 is 1.28 bits per heavy atom. The maximum absolute atomic E-state index is 5.28. The van der Waals surface area contributed by atoms with E-state index >= 15 is 0 Å². The average molecular weight is 658 g/mol. The summed E-state index contributed by atoms with van der Waals surface area (Å²) in [7, 11) is 0. The van der Waals surface area contributed by atoms with E-state index in [1.807, 2.05) is 0 Å². The van der Waals surface area contributed by atoms with Crippen LogP contribution in [0.25, 0.3) is 16.7 Å². The molecule has 5 heterocycles. The molecule has 0 aromatic heterocycles. The minimum absolute atomic E-state index is 0.0153. The summed E-state index contributed by atoms with van der Waals surface area (Å²) in [5.41, 5.74) is 18.4. The molecule has 7 heteroatoms. The van der Waals surface area contributed by atoms with Gasteiger partial charge in [-0.15, -0.1) is 0 Å². The molecule has 50 heavy (non-hydrogen) atoms. The molecule has 0 amide bonds. The van der Waals surface area contributed by atoms with E-state index < -0.39 is 0 Å². The Morgan fingerprint density at radius 1 is 0.600 bits per heavy atom. The molecule has 236 valence electrons. The number of hydrogen-bond acceptors (Lipinski definition) is 5. The molecule has 12 rings (SSSR count). The first-order valence-corrected chi connectivity index (χ1v) is 18.4. The molecule has 0 saturated heterocycles. The Balaban J connectivity index is 1.17. The number of fused-ring (bicyclic) bond motifs is 15. The van der Waals surface area contributed by atoms with Gasteiger partial charge in [0.05, 0.1) is 22.7 Å². The van der Waals surface area contributed by atoms with Crippen LogP contribution in [0.2, 0.25) is 0 Å². The summed E-state index contributed by atoms with van der Waals surface area (Å²) in [5.74, 6) is 0.386. The predicted molar refractivity (Wildman–Crippen MR) is 214 cm³/mol. The lowest BCUT2D eigenvalue weighted by Crippen LogP contribution is -2.60. The third kappa shape index (κ3) is 3.41. The molecule has 0 N–H and O–H groups in total. The summed E-state index contributed by atoms with van der Waals surface area (Å²) in [6, 6.07) is 41.3. The molecule has 2 aliphatic carbocycles. The standard InChI is InChI=1S/C43H32B2N4S/c50-41-23-11-19-33-31-17-6-9-22-36(31)49-38-26-39-40(25-37(38)46(45(49)43(33)41)29-14-2-1-3-15-29)48-35-21-8-5-16-30(35)32-18-10-13-28-24-27-12-4-7-20-34(27)47(39)44(48)42(28)32/h1-22,25-27,34,41,50H,23-24H2. The van der Waals surface area contributed by atoms with Crippen LogP contribution in [0.1, 0.15) is 17.5 Å². The van der Waals surface area contributed by atoms with Gasteiger partial charge in [-0.05, 0) is 76.9 Å². The first-order valence-electron chi connectivity index (χ1n) is 17.9. The molecule has 0 spiro atoms. The monoisotopic (exact) mass is 658 g/mol. The maximum Gasteiger partial charge on any atom is 0.418 e. The zero-order chi connectivity index (χ0) is 32.7. The highest BCUT2D eigenvalue weighted by Gasteiger charge is 2.56. The molecule has 4 nitrogen and oxygen atoms in total. The lowest BCUT2D eigenvalue weighted by Gasteiger charge is -2.40. The number of rotatable bonds is 1. The molecular formula is C43H32B2N4S. The molecule has 5 aromatic carbocycles. The number of nitrogens with zero attached hydrogens (tertiary/aromatic N) is 4. The van der Waals surface area contributed by atoms with Crippen molar-refractivity contribution in [2.75, 3.05) is 19.2 Å². The molecular weight excluding hydrogens is 626 g/mol. The number of allylic oxidation sites excluding steroid dienone is 5. The number of hydrogen-bond donors (Lipinski definition) is 1. The number of benzene rings is 5. The van der Waals surface area contributed by atoms with E-state index in [2.05, 4.69) is 165 Å². The van der Waals surface area contributed by atoms with Crippen molar-refractivity contribution in [1.82, 2.24) is 0 Å². The van der Waals surface area contributed by atoms with Gasteiger partial charge in [-0.25, -0.2) is 0 Å². The molecule has 0 saturated carbocycles. The van der Waals surface area contributed by atoms with Crippen molar-refractivity contribution in [2.24, 2.45) is 5.92 Å². The Labute approximate surface area is 299 Å². The van der Waals surface area contributed by atoms with Gasteiger partial charge in [0.25, 0.3) is 0 Å². The van der Waals surface area contributed by atoms with Gasteiger partial charge in [-0.3, -0.25) is 0 Å². The molecule has 7 aliphatic rings. The van der Waals surface area contributed by atoms with Crippen molar-refractivity contribution < 1.29 is 0 Å². The van der Waals surface area contributed by atoms with Crippen molar-refractivity contribution in [2.45, 2.75) is 24.1 Å². The van der Waals surface area contributed by atoms with Crippen LogP contribution in [0.15, 0.2) is 151 Å². The van der Waals surface area contributed by atoms with Crippen LogP contribution in [-0.4, -0.2) is 25.3 Å². The van der Waals surface area contributed by atoms with Crippen molar-refractivity contribution in [3.05, 3.63) is 162 Å². The van der Waals surface area contributed by atoms with Gasteiger partial charge in [0.1, 0.15) is 0 Å². The fourth-order valence-electron chi connectivity index (χ4n) is 10.2. The molecule has 3 unspecified atom stereocenters. The van der Waals surface area contributed by atoms with E-state index in [4.69, 9.17) is 12.6 Å². The molecule has 3 atom stereocenters. The van der Waals surface area contributed by atoms with Crippen LogP contribution in [-0.2, 0) is 6.42 Å². The summed E-state index contributed by atoms with van der Waals surface area (Å²) in [6.07, 6.45) is 16.0. The first-order chi connectivity index (χ1) is 24.8. The van der Waals surface area contributed by atoms with Crippen molar-refractivity contribution >= 4 is 77.4 Å². The largest absolute Gasteiger partial charge is 0.418 e. The van der Waals surface area contributed by atoms with Crippen molar-refractivity contribution in [3.63, 3.8) is 0 Å². The molecule has 0 bridgehead atoms. The lowest BCUT2D eigenvalue weighted by molar-refractivity contribution is 0.575. The Hall–Kier alpha value is -5.26. The quantitative estimate of drug-likeness (QED) is 0.143. The SMILES string of the molecule is SC1CC=CC2=C1B1N(c3ccccc3)c3cc4c(cc3N1c1ccccc12)N1B2c3c(cccc3-c3ccccc3N24)CC2C=CC=CC21. The van der Waals surface area contributed by atoms with E-state index in [0.717, 1.165) is 12.8 Å². The average Bonchev–Trinajstić information content (AvgIpc) is 3.62. The van der Waals surface area contributed by atoms with Crippen LogP contribution in [0.4, 0.5) is 39.8 Å². The second-order valence-corrected chi connectivity index (χ2v) is 15.1.